The summed E-state index contributed by atoms with van der Waals surface area (Å²) in [5.74, 6) is 1.63. The van der Waals surface area contributed by atoms with Crippen LogP contribution < -0.4 is 5.56 Å². The molecule has 0 aliphatic carbocycles. The van der Waals surface area contributed by atoms with Gasteiger partial charge in [0.15, 0.2) is 0 Å². The standard InChI is InChI=1S/C24H37N3O3/c1-4-30-24(29)25-12-10-20(11-13-25)26-15-18-14-19(16-26)22(9-8-17(2)3)27-21(18)6-5-7-23(27)28/h5-7,17-20,22H,4,8-16H2,1-3H3/t18-,19+,22+/m1/s1. The maximum Gasteiger partial charge on any atom is 0.409 e. The number of hydrogen-bond acceptors (Lipinski definition) is 4. The van der Waals surface area contributed by atoms with Crippen molar-refractivity contribution in [1.82, 2.24) is 14.4 Å². The van der Waals surface area contributed by atoms with E-state index in [-0.39, 0.29) is 11.7 Å². The number of amides is 1. The summed E-state index contributed by atoms with van der Waals surface area (Å²) in [6.45, 7) is 10.5. The topological polar surface area (TPSA) is 54.8 Å². The minimum atomic E-state index is -0.173. The molecule has 0 aromatic carbocycles. The van der Waals surface area contributed by atoms with Crippen LogP contribution in [0, 0.1) is 11.8 Å². The Kier molecular flexibility index (Phi) is 6.51. The lowest BCUT2D eigenvalue weighted by molar-refractivity contribution is 0.0269. The minimum Gasteiger partial charge on any atom is -0.450 e. The first-order valence-electron chi connectivity index (χ1n) is 11.8. The van der Waals surface area contributed by atoms with Crippen molar-refractivity contribution in [2.24, 2.45) is 11.8 Å². The Bertz CT molecular complexity index is 797. The molecule has 0 N–H and O–H groups in total. The lowest BCUT2D eigenvalue weighted by atomic mass is 9.76. The highest BCUT2D eigenvalue weighted by molar-refractivity contribution is 5.67. The van der Waals surface area contributed by atoms with Crippen LogP contribution in [0.2, 0.25) is 0 Å². The van der Waals surface area contributed by atoms with Crippen LogP contribution in [0.3, 0.4) is 0 Å². The minimum absolute atomic E-state index is 0.173. The molecule has 166 valence electrons. The Hall–Kier alpha value is -1.82. The molecule has 4 heterocycles. The molecule has 30 heavy (non-hydrogen) atoms. The van der Waals surface area contributed by atoms with Crippen LogP contribution in [0.4, 0.5) is 4.79 Å². The highest BCUT2D eigenvalue weighted by Crippen LogP contribution is 2.44. The van der Waals surface area contributed by atoms with Gasteiger partial charge in [-0.1, -0.05) is 19.9 Å². The van der Waals surface area contributed by atoms with Gasteiger partial charge in [-0.05, 0) is 56.9 Å². The summed E-state index contributed by atoms with van der Waals surface area (Å²) in [5.41, 5.74) is 1.41. The first-order valence-corrected chi connectivity index (χ1v) is 11.8. The van der Waals surface area contributed by atoms with E-state index < -0.39 is 0 Å². The fraction of sp³-hybridized carbons (Fsp3) is 0.750. The maximum atomic E-state index is 12.8. The molecule has 6 nitrogen and oxygen atoms in total. The van der Waals surface area contributed by atoms with E-state index in [1.807, 2.05) is 17.9 Å². The lowest BCUT2D eigenvalue weighted by Gasteiger charge is -2.50. The predicted molar refractivity (Wildman–Crippen MR) is 118 cm³/mol. The first-order chi connectivity index (χ1) is 14.5. The van der Waals surface area contributed by atoms with Crippen LogP contribution in [0.25, 0.3) is 0 Å². The fourth-order valence-electron chi connectivity index (χ4n) is 5.88. The van der Waals surface area contributed by atoms with Crippen LogP contribution in [0.1, 0.15) is 70.5 Å². The number of carbonyl (C=O) groups is 1. The molecule has 6 heteroatoms. The Morgan fingerprint density at radius 3 is 2.67 bits per heavy atom. The maximum absolute atomic E-state index is 12.8. The number of pyridine rings is 1. The largest absolute Gasteiger partial charge is 0.450 e. The molecule has 0 unspecified atom stereocenters. The van der Waals surface area contributed by atoms with E-state index in [9.17, 15) is 9.59 Å². The number of carbonyl (C=O) groups excluding carboxylic acids is 1. The van der Waals surface area contributed by atoms with Gasteiger partial charge in [-0.3, -0.25) is 9.69 Å². The third-order valence-corrected chi connectivity index (χ3v) is 7.37. The molecule has 3 atom stereocenters. The average Bonchev–Trinajstić information content (AvgIpc) is 2.74. The third-order valence-electron chi connectivity index (χ3n) is 7.37. The zero-order valence-electron chi connectivity index (χ0n) is 18.8. The summed E-state index contributed by atoms with van der Waals surface area (Å²) in [4.78, 5) is 29.3. The first kappa shape index (κ1) is 21.4. The molecule has 2 saturated heterocycles. The third kappa shape index (κ3) is 4.29. The molecule has 2 bridgehead atoms. The van der Waals surface area contributed by atoms with Gasteiger partial charge in [-0.25, -0.2) is 4.79 Å². The Balaban J connectivity index is 1.49. The van der Waals surface area contributed by atoms with Gasteiger partial charge >= 0.3 is 6.09 Å². The van der Waals surface area contributed by atoms with Crippen LogP contribution in [-0.4, -0.2) is 59.3 Å². The molecular formula is C24H37N3O3. The summed E-state index contributed by atoms with van der Waals surface area (Å²) >= 11 is 0. The average molecular weight is 416 g/mol. The normalized spacial score (nSPS) is 27.2. The van der Waals surface area contributed by atoms with Crippen LogP contribution in [0.15, 0.2) is 23.0 Å². The molecule has 1 amide bonds. The molecule has 0 saturated carbocycles. The number of rotatable bonds is 5. The summed E-state index contributed by atoms with van der Waals surface area (Å²) in [6.07, 6.45) is 5.29. The number of nitrogens with zero attached hydrogens (tertiary/aromatic N) is 3. The number of ether oxygens (including phenoxy) is 1. The summed E-state index contributed by atoms with van der Waals surface area (Å²) in [7, 11) is 0. The van der Waals surface area contributed by atoms with Gasteiger partial charge < -0.3 is 14.2 Å². The molecule has 1 aromatic heterocycles. The number of likely N-dealkylation sites (tertiary alicyclic amines) is 2. The van der Waals surface area contributed by atoms with Crippen molar-refractivity contribution in [2.45, 2.75) is 70.9 Å². The van der Waals surface area contributed by atoms with Gasteiger partial charge in [0, 0.05) is 55.9 Å². The zero-order valence-corrected chi connectivity index (χ0v) is 18.8. The van der Waals surface area contributed by atoms with Gasteiger partial charge in [0.25, 0.3) is 5.56 Å². The monoisotopic (exact) mass is 415 g/mol. The van der Waals surface area contributed by atoms with E-state index in [0.717, 1.165) is 51.9 Å². The molecular weight excluding hydrogens is 378 g/mol. The summed E-state index contributed by atoms with van der Waals surface area (Å²) in [6, 6.07) is 6.68. The van der Waals surface area contributed by atoms with Crippen molar-refractivity contribution in [3.63, 3.8) is 0 Å². The van der Waals surface area contributed by atoms with Gasteiger partial charge in [-0.15, -0.1) is 0 Å². The van der Waals surface area contributed by atoms with E-state index in [0.29, 0.717) is 36.4 Å². The van der Waals surface area contributed by atoms with Crippen molar-refractivity contribution < 1.29 is 9.53 Å². The molecule has 1 aromatic rings. The fourth-order valence-corrected chi connectivity index (χ4v) is 5.88. The lowest BCUT2D eigenvalue weighted by Crippen LogP contribution is -2.54. The van der Waals surface area contributed by atoms with Crippen LogP contribution in [0.5, 0.6) is 0 Å². The van der Waals surface area contributed by atoms with E-state index in [2.05, 4.69) is 29.4 Å². The van der Waals surface area contributed by atoms with Gasteiger partial charge in [-0.2, -0.15) is 0 Å². The van der Waals surface area contributed by atoms with Gasteiger partial charge in [0.05, 0.1) is 6.61 Å². The summed E-state index contributed by atoms with van der Waals surface area (Å²) < 4.78 is 7.32. The van der Waals surface area contributed by atoms with Crippen molar-refractivity contribution in [1.29, 1.82) is 0 Å². The number of aromatic nitrogens is 1. The van der Waals surface area contributed by atoms with Crippen molar-refractivity contribution in [2.75, 3.05) is 32.8 Å². The Morgan fingerprint density at radius 2 is 1.97 bits per heavy atom. The van der Waals surface area contributed by atoms with E-state index in [4.69, 9.17) is 4.74 Å². The van der Waals surface area contributed by atoms with Crippen molar-refractivity contribution in [3.05, 3.63) is 34.2 Å². The highest BCUT2D eigenvalue weighted by atomic mass is 16.6. The second-order valence-corrected chi connectivity index (χ2v) is 9.76. The second-order valence-electron chi connectivity index (χ2n) is 9.76. The number of fused-ring (bicyclic) bond motifs is 4. The predicted octanol–water partition coefficient (Wildman–Crippen LogP) is 3.87. The molecule has 0 radical (unpaired) electrons. The highest BCUT2D eigenvalue weighted by Gasteiger charge is 2.42. The molecule has 2 fully saturated rings. The molecule has 4 rings (SSSR count). The Labute approximate surface area is 180 Å². The van der Waals surface area contributed by atoms with Gasteiger partial charge in [0.1, 0.15) is 0 Å². The van der Waals surface area contributed by atoms with Crippen molar-refractivity contribution >= 4 is 6.09 Å². The zero-order chi connectivity index (χ0) is 21.3. The van der Waals surface area contributed by atoms with E-state index in [1.54, 1.807) is 6.07 Å². The van der Waals surface area contributed by atoms with Gasteiger partial charge in [0.2, 0.25) is 0 Å². The quantitative estimate of drug-likeness (QED) is 0.733. The molecule has 3 aliphatic rings. The number of piperidine rings is 2. The van der Waals surface area contributed by atoms with E-state index in [1.165, 1.54) is 12.1 Å². The summed E-state index contributed by atoms with van der Waals surface area (Å²) in [5, 5.41) is 0. The second kappa shape index (κ2) is 9.13. The van der Waals surface area contributed by atoms with Crippen LogP contribution in [-0.2, 0) is 4.74 Å². The Morgan fingerprint density at radius 1 is 1.20 bits per heavy atom. The number of hydrogen-bond donors (Lipinski definition) is 0. The van der Waals surface area contributed by atoms with E-state index >= 15 is 0 Å². The van der Waals surface area contributed by atoms with Crippen LogP contribution >= 0.6 is 0 Å². The SMILES string of the molecule is CCOC(=O)N1CCC(N2C[C@H]3C[C@@H](C2)[C@H](CCC(C)C)n2c3cccc2=O)CC1. The van der Waals surface area contributed by atoms with Crippen molar-refractivity contribution in [3.8, 4) is 0 Å². The molecule has 0 spiro atoms. The molecule has 3 aliphatic heterocycles. The smallest absolute Gasteiger partial charge is 0.409 e.